The van der Waals surface area contributed by atoms with Gasteiger partial charge in [0.1, 0.15) is 0 Å². The van der Waals surface area contributed by atoms with E-state index in [2.05, 4.69) is 13.8 Å². The summed E-state index contributed by atoms with van der Waals surface area (Å²) in [6.45, 7) is 5.20. The molecule has 0 amide bonds. The van der Waals surface area contributed by atoms with Crippen LogP contribution in [0.5, 0.6) is 0 Å². The highest BCUT2D eigenvalue weighted by Crippen LogP contribution is 2.16. The zero-order valence-corrected chi connectivity index (χ0v) is 28.8. The van der Waals surface area contributed by atoms with Gasteiger partial charge in [-0.25, -0.2) is 0 Å². The fourth-order valence-electron chi connectivity index (χ4n) is 6.08. The predicted molar refractivity (Wildman–Crippen MR) is 184 cm³/mol. The molecular weight excluding hydrogens is 500 g/mol. The number of hydrogen-bond donors (Lipinski definition) is 0. The van der Waals surface area contributed by atoms with E-state index in [0.717, 1.165) is 12.8 Å². The zero-order valence-electron chi connectivity index (χ0n) is 28.8. The molecule has 0 aromatic rings. The molecule has 0 aliphatic rings. The normalized spacial score (nSPS) is 11.4. The largest absolute Gasteiger partial charge is 0.466 e. The van der Waals surface area contributed by atoms with Gasteiger partial charge in [-0.05, 0) is 12.8 Å². The summed E-state index contributed by atoms with van der Waals surface area (Å²) in [6, 6.07) is 0. The summed E-state index contributed by atoms with van der Waals surface area (Å²) in [6.07, 6.45) is 47.6. The smallest absolute Gasteiger partial charge is 0.305 e. The van der Waals surface area contributed by atoms with Crippen molar-refractivity contribution in [2.45, 2.75) is 239 Å². The number of rotatable bonds is 36. The highest BCUT2D eigenvalue weighted by atomic mass is 16.5. The highest BCUT2D eigenvalue weighted by Gasteiger charge is 2.03. The molecule has 0 aliphatic heterocycles. The van der Waals surface area contributed by atoms with Crippen LogP contribution < -0.4 is 0 Å². The molecule has 246 valence electrons. The molecule has 0 fully saturated rings. The van der Waals surface area contributed by atoms with Gasteiger partial charge in [0.05, 0.1) is 6.61 Å². The third-order valence-electron chi connectivity index (χ3n) is 9.00. The van der Waals surface area contributed by atoms with Crippen LogP contribution in [0.2, 0.25) is 0 Å². The molecule has 0 rings (SSSR count). The molecule has 0 saturated heterocycles. The second-order valence-electron chi connectivity index (χ2n) is 13.3. The van der Waals surface area contributed by atoms with E-state index >= 15 is 0 Å². The second kappa shape index (κ2) is 37.5. The van der Waals surface area contributed by atoms with Crippen molar-refractivity contribution in [3.63, 3.8) is 0 Å². The van der Waals surface area contributed by atoms with Crippen molar-refractivity contribution in [1.82, 2.24) is 0 Å². The van der Waals surface area contributed by atoms with Gasteiger partial charge in [0.15, 0.2) is 0 Å². The van der Waals surface area contributed by atoms with Gasteiger partial charge >= 0.3 is 5.97 Å². The van der Waals surface area contributed by atoms with Crippen molar-refractivity contribution in [1.29, 1.82) is 0 Å². The van der Waals surface area contributed by atoms with Crippen LogP contribution in [0.25, 0.3) is 0 Å². The van der Waals surface area contributed by atoms with E-state index in [9.17, 15) is 4.79 Å². The monoisotopic (exact) mass is 579 g/mol. The molecular formula is C39H78O2. The molecule has 0 unspecified atom stereocenters. The van der Waals surface area contributed by atoms with Gasteiger partial charge in [0, 0.05) is 6.42 Å². The Hall–Kier alpha value is -0.530. The number of unbranched alkanes of at least 4 members (excludes halogenated alkanes) is 32. The topological polar surface area (TPSA) is 26.3 Å². The molecule has 0 aliphatic carbocycles. The first-order valence-corrected chi connectivity index (χ1v) is 19.5. The second-order valence-corrected chi connectivity index (χ2v) is 13.3. The van der Waals surface area contributed by atoms with Gasteiger partial charge in [0.2, 0.25) is 0 Å². The molecule has 0 aromatic carbocycles. The van der Waals surface area contributed by atoms with Crippen LogP contribution in [0.1, 0.15) is 239 Å². The van der Waals surface area contributed by atoms with Crippen LogP contribution in [0.4, 0.5) is 0 Å². The van der Waals surface area contributed by atoms with Gasteiger partial charge in [-0.15, -0.1) is 0 Å². The standard InChI is InChI=1S/C39H78O2/c1-3-5-7-9-11-13-14-15-16-17-18-19-20-21-22-23-24-25-26-27-28-29-31-33-35-37-39(40)41-38-36-34-32-30-12-10-8-6-4-2/h3-38H2,1-2H3. The van der Waals surface area contributed by atoms with Crippen LogP contribution in [0.15, 0.2) is 0 Å². The van der Waals surface area contributed by atoms with E-state index in [0.29, 0.717) is 13.0 Å². The molecule has 0 N–H and O–H groups in total. The Balaban J connectivity index is 3.11. The van der Waals surface area contributed by atoms with E-state index in [-0.39, 0.29) is 5.97 Å². The Morgan fingerprint density at radius 1 is 0.317 bits per heavy atom. The van der Waals surface area contributed by atoms with Crippen molar-refractivity contribution >= 4 is 5.97 Å². The van der Waals surface area contributed by atoms with Crippen LogP contribution >= 0.6 is 0 Å². The highest BCUT2D eigenvalue weighted by molar-refractivity contribution is 5.69. The lowest BCUT2D eigenvalue weighted by Crippen LogP contribution is -2.05. The van der Waals surface area contributed by atoms with Crippen molar-refractivity contribution in [2.75, 3.05) is 6.61 Å². The summed E-state index contributed by atoms with van der Waals surface area (Å²) in [7, 11) is 0. The van der Waals surface area contributed by atoms with E-state index in [1.807, 2.05) is 0 Å². The Bertz CT molecular complexity index is 474. The van der Waals surface area contributed by atoms with Gasteiger partial charge in [0.25, 0.3) is 0 Å². The molecule has 0 bridgehead atoms. The third kappa shape index (κ3) is 37.4. The number of carbonyl (C=O) groups is 1. The number of carbonyl (C=O) groups excluding carboxylic acids is 1. The maximum atomic E-state index is 11.9. The van der Waals surface area contributed by atoms with Crippen molar-refractivity contribution in [2.24, 2.45) is 0 Å². The van der Waals surface area contributed by atoms with Crippen LogP contribution in [0.3, 0.4) is 0 Å². The van der Waals surface area contributed by atoms with Crippen molar-refractivity contribution in [3.8, 4) is 0 Å². The maximum Gasteiger partial charge on any atom is 0.305 e. The minimum atomic E-state index is 0.0265. The van der Waals surface area contributed by atoms with Gasteiger partial charge < -0.3 is 4.74 Å². The summed E-state index contributed by atoms with van der Waals surface area (Å²) in [4.78, 5) is 11.9. The summed E-state index contributed by atoms with van der Waals surface area (Å²) in [5, 5.41) is 0. The fourth-order valence-corrected chi connectivity index (χ4v) is 6.08. The van der Waals surface area contributed by atoms with Crippen molar-refractivity contribution in [3.05, 3.63) is 0 Å². The first-order valence-electron chi connectivity index (χ1n) is 19.5. The van der Waals surface area contributed by atoms with Gasteiger partial charge in [-0.3, -0.25) is 4.79 Å². The Kier molecular flexibility index (Phi) is 37.0. The van der Waals surface area contributed by atoms with Crippen molar-refractivity contribution < 1.29 is 9.53 Å². The maximum absolute atomic E-state index is 11.9. The molecule has 0 heterocycles. The van der Waals surface area contributed by atoms with Gasteiger partial charge in [-0.2, -0.15) is 0 Å². The molecule has 2 heteroatoms. The van der Waals surface area contributed by atoms with E-state index in [4.69, 9.17) is 4.74 Å². The quantitative estimate of drug-likeness (QED) is 0.0546. The molecule has 0 saturated carbocycles. The molecule has 0 aromatic heterocycles. The summed E-state index contributed by atoms with van der Waals surface area (Å²) in [5.74, 6) is 0.0265. The first kappa shape index (κ1) is 40.5. The van der Waals surface area contributed by atoms with Crippen LogP contribution in [-0.4, -0.2) is 12.6 Å². The Morgan fingerprint density at radius 2 is 0.537 bits per heavy atom. The average Bonchev–Trinajstić information content (AvgIpc) is 2.98. The zero-order chi connectivity index (χ0) is 29.7. The minimum absolute atomic E-state index is 0.0265. The first-order chi connectivity index (χ1) is 20.3. The molecule has 41 heavy (non-hydrogen) atoms. The van der Waals surface area contributed by atoms with E-state index in [1.165, 1.54) is 205 Å². The number of ether oxygens (including phenoxy) is 1. The third-order valence-corrected chi connectivity index (χ3v) is 9.00. The Morgan fingerprint density at radius 3 is 0.805 bits per heavy atom. The number of hydrogen-bond acceptors (Lipinski definition) is 2. The number of esters is 1. The molecule has 0 radical (unpaired) electrons. The Labute approximate surface area is 260 Å². The lowest BCUT2D eigenvalue weighted by atomic mass is 10.0. The molecule has 2 nitrogen and oxygen atoms in total. The van der Waals surface area contributed by atoms with Crippen LogP contribution in [0, 0.1) is 0 Å². The fraction of sp³-hybridized carbons (Fsp3) is 0.974. The van der Waals surface area contributed by atoms with Gasteiger partial charge in [-0.1, -0.05) is 219 Å². The average molecular weight is 579 g/mol. The lowest BCUT2D eigenvalue weighted by molar-refractivity contribution is -0.143. The SMILES string of the molecule is CCCCCCCCCCCCCCCCCCCCCCCCCCCC(=O)OCCCCCCCCCCC. The summed E-state index contributed by atoms with van der Waals surface area (Å²) in [5.41, 5.74) is 0. The molecule has 0 atom stereocenters. The predicted octanol–water partition coefficient (Wildman–Crippen LogP) is 14.2. The van der Waals surface area contributed by atoms with Crippen LogP contribution in [-0.2, 0) is 9.53 Å². The summed E-state index contributed by atoms with van der Waals surface area (Å²) < 4.78 is 5.42. The lowest BCUT2D eigenvalue weighted by Gasteiger charge is -2.06. The molecule has 0 spiro atoms. The van der Waals surface area contributed by atoms with E-state index < -0.39 is 0 Å². The minimum Gasteiger partial charge on any atom is -0.466 e. The summed E-state index contributed by atoms with van der Waals surface area (Å²) >= 11 is 0. The van der Waals surface area contributed by atoms with E-state index in [1.54, 1.807) is 0 Å².